The van der Waals surface area contributed by atoms with E-state index in [4.69, 9.17) is 4.74 Å². The van der Waals surface area contributed by atoms with E-state index in [2.05, 4.69) is 37.1 Å². The van der Waals surface area contributed by atoms with Gasteiger partial charge in [-0.1, -0.05) is 66.2 Å². The summed E-state index contributed by atoms with van der Waals surface area (Å²) in [6, 6.07) is 0. The number of carbonyl (C=O) groups is 3. The van der Waals surface area contributed by atoms with E-state index in [1.807, 2.05) is 13.8 Å². The van der Waals surface area contributed by atoms with Crippen LogP contribution in [0.25, 0.3) is 0 Å². The molecule has 0 atom stereocenters. The van der Waals surface area contributed by atoms with Gasteiger partial charge in [-0.15, -0.1) is 0 Å². The maximum Gasteiger partial charge on any atom is 0.333 e. The predicted molar refractivity (Wildman–Crippen MR) is 110 cm³/mol. The van der Waals surface area contributed by atoms with E-state index < -0.39 is 5.91 Å². The molecular formula is C21H37NO5. The summed E-state index contributed by atoms with van der Waals surface area (Å²) in [5.41, 5.74) is 5.10. The molecule has 6 heteroatoms. The van der Waals surface area contributed by atoms with Crippen LogP contribution in [0.3, 0.4) is 0 Å². The lowest BCUT2D eigenvalue weighted by Crippen LogP contribution is -2.07. The number of esters is 2. The highest BCUT2D eigenvalue weighted by Crippen LogP contribution is 2.03. The Morgan fingerprint density at radius 3 is 1.78 bits per heavy atom. The molecule has 0 fully saturated rings. The van der Waals surface area contributed by atoms with E-state index in [1.54, 1.807) is 0 Å². The smallest absolute Gasteiger partial charge is 0.333 e. The van der Waals surface area contributed by atoms with Gasteiger partial charge in [0.2, 0.25) is 5.91 Å². The van der Waals surface area contributed by atoms with Crippen molar-refractivity contribution in [1.82, 2.24) is 0 Å². The van der Waals surface area contributed by atoms with E-state index >= 15 is 0 Å². The van der Waals surface area contributed by atoms with E-state index in [0.29, 0.717) is 25.2 Å². The van der Waals surface area contributed by atoms with Gasteiger partial charge in [-0.05, 0) is 25.3 Å². The Morgan fingerprint density at radius 1 is 0.852 bits per heavy atom. The summed E-state index contributed by atoms with van der Waals surface area (Å²) in [7, 11) is 0. The Balaban J connectivity index is -0.000000356. The van der Waals surface area contributed by atoms with E-state index in [1.165, 1.54) is 18.9 Å². The van der Waals surface area contributed by atoms with Gasteiger partial charge in [-0.2, -0.15) is 0 Å². The summed E-state index contributed by atoms with van der Waals surface area (Å²) in [4.78, 5) is 30.9. The quantitative estimate of drug-likeness (QED) is 0.309. The fourth-order valence-corrected chi connectivity index (χ4v) is 1.32. The Hall–Kier alpha value is -2.37. The van der Waals surface area contributed by atoms with Crippen LogP contribution in [0.15, 0.2) is 37.5 Å². The average Bonchev–Trinajstić information content (AvgIpc) is 2.67. The molecule has 0 bridgehead atoms. The minimum absolute atomic E-state index is 0.237. The number of carbonyl (C=O) groups excluding carboxylic acids is 3. The normalized spacial score (nSPS) is 8.70. The van der Waals surface area contributed by atoms with Crippen molar-refractivity contribution < 1.29 is 23.9 Å². The number of hydrogen-bond acceptors (Lipinski definition) is 5. The molecule has 1 amide bonds. The van der Waals surface area contributed by atoms with Crippen LogP contribution in [0, 0.1) is 0 Å². The van der Waals surface area contributed by atoms with Gasteiger partial charge in [-0.3, -0.25) is 4.79 Å². The Labute approximate surface area is 164 Å². The summed E-state index contributed by atoms with van der Waals surface area (Å²) < 4.78 is 9.68. The number of rotatable bonds is 12. The van der Waals surface area contributed by atoms with Gasteiger partial charge >= 0.3 is 11.9 Å². The van der Waals surface area contributed by atoms with Crippen LogP contribution in [0.1, 0.15) is 65.7 Å². The molecule has 0 aliphatic carbocycles. The van der Waals surface area contributed by atoms with Crippen molar-refractivity contribution in [2.24, 2.45) is 5.73 Å². The van der Waals surface area contributed by atoms with Gasteiger partial charge in [0, 0.05) is 11.6 Å². The molecule has 0 aromatic carbocycles. The second-order valence-electron chi connectivity index (χ2n) is 5.49. The lowest BCUT2D eigenvalue weighted by Gasteiger charge is -2.04. The summed E-state index contributed by atoms with van der Waals surface area (Å²) in [6.45, 7) is 17.1. The molecule has 0 rings (SSSR count). The third kappa shape index (κ3) is 28.7. The standard InChI is InChI=1S/C11H20O2.C7H12O2.C3H5NO/c1-4-6-7-8-9-13-11(12)10(3)5-2;1-3-5-6-9-7(8)4-2;1-2-3(4)5/h3-9H2,1-2H3;4H,2-3,5-6H2,1H3;2H,1H2,(H2,4,5). The number of ether oxygens (including phenoxy) is 2. The van der Waals surface area contributed by atoms with Gasteiger partial charge in [-0.25, -0.2) is 9.59 Å². The highest BCUT2D eigenvalue weighted by molar-refractivity contribution is 5.87. The molecule has 0 unspecified atom stereocenters. The number of amides is 1. The molecule has 0 radical (unpaired) electrons. The third-order valence-corrected chi connectivity index (χ3v) is 3.06. The van der Waals surface area contributed by atoms with Crippen LogP contribution in [0.4, 0.5) is 0 Å². The topological polar surface area (TPSA) is 95.7 Å². The third-order valence-electron chi connectivity index (χ3n) is 3.06. The van der Waals surface area contributed by atoms with E-state index in [0.717, 1.165) is 31.8 Å². The van der Waals surface area contributed by atoms with Crippen molar-refractivity contribution in [3.63, 3.8) is 0 Å². The van der Waals surface area contributed by atoms with Crippen LogP contribution in [0.5, 0.6) is 0 Å². The fraction of sp³-hybridized carbons (Fsp3) is 0.571. The van der Waals surface area contributed by atoms with Crippen LogP contribution < -0.4 is 5.73 Å². The van der Waals surface area contributed by atoms with Crippen molar-refractivity contribution >= 4 is 17.8 Å². The second-order valence-corrected chi connectivity index (χ2v) is 5.49. The largest absolute Gasteiger partial charge is 0.463 e. The molecule has 0 heterocycles. The highest BCUT2D eigenvalue weighted by atomic mass is 16.5. The monoisotopic (exact) mass is 383 g/mol. The zero-order valence-corrected chi connectivity index (χ0v) is 17.3. The zero-order chi connectivity index (χ0) is 21.5. The van der Waals surface area contributed by atoms with Crippen LogP contribution in [0.2, 0.25) is 0 Å². The molecule has 0 spiro atoms. The number of hydrogen-bond donors (Lipinski definition) is 1. The Morgan fingerprint density at radius 2 is 1.37 bits per heavy atom. The van der Waals surface area contributed by atoms with E-state index in [9.17, 15) is 14.4 Å². The van der Waals surface area contributed by atoms with Gasteiger partial charge in [0.1, 0.15) is 0 Å². The van der Waals surface area contributed by atoms with Crippen LogP contribution >= 0.6 is 0 Å². The van der Waals surface area contributed by atoms with Crippen molar-refractivity contribution in [2.45, 2.75) is 65.7 Å². The molecule has 0 saturated carbocycles. The molecule has 27 heavy (non-hydrogen) atoms. The molecule has 0 aromatic heterocycles. The molecule has 0 aliphatic heterocycles. The maximum atomic E-state index is 11.1. The molecule has 6 nitrogen and oxygen atoms in total. The SMILES string of the molecule is C=C(CC)C(=O)OCCCCCC.C=CC(=O)OCCCC.C=CC(N)=O. The lowest BCUT2D eigenvalue weighted by atomic mass is 10.2. The zero-order valence-electron chi connectivity index (χ0n) is 17.3. The first-order valence-corrected chi connectivity index (χ1v) is 9.36. The maximum absolute atomic E-state index is 11.1. The van der Waals surface area contributed by atoms with Gasteiger partial charge in [0.25, 0.3) is 0 Å². The Kier molecular flexibility index (Phi) is 25.7. The predicted octanol–water partition coefficient (Wildman–Crippen LogP) is 4.25. The number of primary amides is 1. The second kappa shape index (κ2) is 23.6. The molecule has 0 aliphatic rings. The van der Waals surface area contributed by atoms with Crippen molar-refractivity contribution in [3.05, 3.63) is 37.5 Å². The number of nitrogens with two attached hydrogens (primary N) is 1. The lowest BCUT2D eigenvalue weighted by molar-refractivity contribution is -0.139. The molecule has 0 saturated heterocycles. The van der Waals surface area contributed by atoms with Crippen LogP contribution in [-0.4, -0.2) is 31.1 Å². The summed E-state index contributed by atoms with van der Waals surface area (Å²) in [6.07, 6.45) is 9.41. The van der Waals surface area contributed by atoms with Gasteiger partial charge in [0.15, 0.2) is 0 Å². The first kappa shape index (κ1) is 29.4. The average molecular weight is 384 g/mol. The minimum Gasteiger partial charge on any atom is -0.463 e. The number of unbranched alkanes of at least 4 members (excludes halogenated alkanes) is 4. The highest BCUT2D eigenvalue weighted by Gasteiger charge is 2.04. The molecule has 0 aromatic rings. The van der Waals surface area contributed by atoms with Crippen molar-refractivity contribution in [2.75, 3.05) is 13.2 Å². The molecule has 156 valence electrons. The fourth-order valence-electron chi connectivity index (χ4n) is 1.32. The van der Waals surface area contributed by atoms with Crippen molar-refractivity contribution in [3.8, 4) is 0 Å². The minimum atomic E-state index is -0.481. The summed E-state index contributed by atoms with van der Waals surface area (Å²) in [5.74, 6) is -1.05. The summed E-state index contributed by atoms with van der Waals surface area (Å²) in [5, 5.41) is 0. The molecular weight excluding hydrogens is 346 g/mol. The van der Waals surface area contributed by atoms with Gasteiger partial charge < -0.3 is 15.2 Å². The van der Waals surface area contributed by atoms with Crippen LogP contribution in [-0.2, 0) is 23.9 Å². The first-order valence-electron chi connectivity index (χ1n) is 9.36. The Bertz CT molecular complexity index is 444. The van der Waals surface area contributed by atoms with Crippen molar-refractivity contribution in [1.29, 1.82) is 0 Å². The van der Waals surface area contributed by atoms with Gasteiger partial charge in [0.05, 0.1) is 13.2 Å². The first-order chi connectivity index (χ1) is 12.8. The molecule has 2 N–H and O–H groups in total. The van der Waals surface area contributed by atoms with E-state index in [-0.39, 0.29) is 11.9 Å². The summed E-state index contributed by atoms with van der Waals surface area (Å²) >= 11 is 0.